The van der Waals surface area contributed by atoms with E-state index in [9.17, 15) is 5.11 Å². The van der Waals surface area contributed by atoms with Crippen molar-refractivity contribution in [2.24, 2.45) is 0 Å². The van der Waals surface area contributed by atoms with Crippen LogP contribution in [-0.2, 0) is 6.54 Å². The third-order valence-corrected chi connectivity index (χ3v) is 4.54. The lowest BCUT2D eigenvalue weighted by molar-refractivity contribution is 0.184. The Balaban J connectivity index is 1.77. The van der Waals surface area contributed by atoms with Crippen LogP contribution in [0, 0.1) is 0 Å². The SMILES string of the molecule is CCCCCCCCCCCn1c([C@H](C)O)nc2ccccc21. The van der Waals surface area contributed by atoms with Crippen LogP contribution in [0.3, 0.4) is 0 Å². The molecular weight excluding hydrogens is 284 g/mol. The molecule has 0 unspecified atom stereocenters. The molecule has 0 aliphatic heterocycles. The fourth-order valence-corrected chi connectivity index (χ4v) is 3.23. The molecule has 0 spiro atoms. The van der Waals surface area contributed by atoms with Crippen molar-refractivity contribution >= 4 is 11.0 Å². The van der Waals surface area contributed by atoms with Gasteiger partial charge in [-0.3, -0.25) is 0 Å². The summed E-state index contributed by atoms with van der Waals surface area (Å²) in [4.78, 5) is 4.58. The van der Waals surface area contributed by atoms with Crippen molar-refractivity contribution in [2.45, 2.75) is 84.3 Å². The highest BCUT2D eigenvalue weighted by Crippen LogP contribution is 2.21. The zero-order valence-corrected chi connectivity index (χ0v) is 14.8. The van der Waals surface area contributed by atoms with E-state index in [0.717, 1.165) is 29.8 Å². The molecular formula is C20H32N2O. The molecule has 0 amide bonds. The average Bonchev–Trinajstić information content (AvgIpc) is 2.92. The fraction of sp³-hybridized carbons (Fsp3) is 0.650. The summed E-state index contributed by atoms with van der Waals surface area (Å²) in [6, 6.07) is 8.17. The normalized spacial score (nSPS) is 12.8. The van der Waals surface area contributed by atoms with E-state index in [1.807, 2.05) is 18.2 Å². The second-order valence-corrected chi connectivity index (χ2v) is 6.61. The van der Waals surface area contributed by atoms with E-state index in [0.29, 0.717) is 0 Å². The van der Waals surface area contributed by atoms with Gasteiger partial charge < -0.3 is 9.67 Å². The molecule has 23 heavy (non-hydrogen) atoms. The minimum Gasteiger partial charge on any atom is -0.385 e. The highest BCUT2D eigenvalue weighted by Gasteiger charge is 2.13. The van der Waals surface area contributed by atoms with Crippen molar-refractivity contribution < 1.29 is 5.11 Å². The topological polar surface area (TPSA) is 38.0 Å². The van der Waals surface area contributed by atoms with Crippen LogP contribution in [0.2, 0.25) is 0 Å². The molecule has 128 valence electrons. The predicted octanol–water partition coefficient (Wildman–Crippen LogP) is 5.62. The Bertz CT molecular complexity index is 574. The number of nitrogens with zero attached hydrogens (tertiary/aromatic N) is 2. The van der Waals surface area contributed by atoms with Crippen LogP contribution < -0.4 is 0 Å². The van der Waals surface area contributed by atoms with Crippen molar-refractivity contribution in [3.8, 4) is 0 Å². The highest BCUT2D eigenvalue weighted by atomic mass is 16.3. The monoisotopic (exact) mass is 316 g/mol. The van der Waals surface area contributed by atoms with Gasteiger partial charge in [-0.25, -0.2) is 4.98 Å². The van der Waals surface area contributed by atoms with E-state index in [1.165, 1.54) is 51.4 Å². The second-order valence-electron chi connectivity index (χ2n) is 6.61. The Morgan fingerprint density at radius 2 is 1.57 bits per heavy atom. The summed E-state index contributed by atoms with van der Waals surface area (Å²) in [6.45, 7) is 5.02. The lowest BCUT2D eigenvalue weighted by Gasteiger charge is -2.11. The lowest BCUT2D eigenvalue weighted by atomic mass is 10.1. The summed E-state index contributed by atoms with van der Waals surface area (Å²) >= 11 is 0. The van der Waals surface area contributed by atoms with Crippen molar-refractivity contribution in [3.63, 3.8) is 0 Å². The molecule has 1 heterocycles. The maximum Gasteiger partial charge on any atom is 0.138 e. The number of benzene rings is 1. The molecule has 0 aliphatic rings. The molecule has 0 radical (unpaired) electrons. The maximum absolute atomic E-state index is 9.97. The van der Waals surface area contributed by atoms with Crippen LogP contribution in [0.4, 0.5) is 0 Å². The zero-order valence-electron chi connectivity index (χ0n) is 14.8. The Labute approximate surface area is 140 Å². The van der Waals surface area contributed by atoms with Gasteiger partial charge in [0.15, 0.2) is 0 Å². The molecule has 0 bridgehead atoms. The van der Waals surface area contributed by atoms with Crippen LogP contribution in [0.25, 0.3) is 11.0 Å². The van der Waals surface area contributed by atoms with Crippen LogP contribution in [0.1, 0.15) is 83.6 Å². The highest BCUT2D eigenvalue weighted by molar-refractivity contribution is 5.75. The Kier molecular flexibility index (Phi) is 7.60. The fourth-order valence-electron chi connectivity index (χ4n) is 3.23. The number of aliphatic hydroxyl groups is 1. The summed E-state index contributed by atoms with van der Waals surface area (Å²) in [5.74, 6) is 0.797. The van der Waals surface area contributed by atoms with Gasteiger partial charge in [0, 0.05) is 6.54 Å². The summed E-state index contributed by atoms with van der Waals surface area (Å²) in [5.41, 5.74) is 2.13. The molecule has 0 fully saturated rings. The quantitative estimate of drug-likeness (QED) is 0.546. The van der Waals surface area contributed by atoms with Gasteiger partial charge in [-0.15, -0.1) is 0 Å². The first kappa shape index (κ1) is 18.0. The Morgan fingerprint density at radius 3 is 2.22 bits per heavy atom. The van der Waals surface area contributed by atoms with E-state index >= 15 is 0 Å². The molecule has 1 aromatic carbocycles. The summed E-state index contributed by atoms with van der Waals surface area (Å²) in [6.07, 6.45) is 11.5. The average molecular weight is 316 g/mol. The number of aromatic nitrogens is 2. The first-order chi connectivity index (χ1) is 11.2. The molecule has 3 heteroatoms. The third-order valence-electron chi connectivity index (χ3n) is 4.54. The zero-order chi connectivity index (χ0) is 16.5. The number of aryl methyl sites for hydroxylation is 1. The predicted molar refractivity (Wildman–Crippen MR) is 97.6 cm³/mol. The van der Waals surface area contributed by atoms with E-state index in [4.69, 9.17) is 0 Å². The van der Waals surface area contributed by atoms with E-state index in [-0.39, 0.29) is 0 Å². The summed E-state index contributed by atoms with van der Waals surface area (Å²) in [7, 11) is 0. The molecule has 1 aromatic heterocycles. The molecule has 0 aliphatic carbocycles. The Morgan fingerprint density at radius 1 is 0.957 bits per heavy atom. The third kappa shape index (κ3) is 5.35. The molecule has 2 rings (SSSR count). The van der Waals surface area contributed by atoms with Gasteiger partial charge in [-0.2, -0.15) is 0 Å². The number of hydrogen-bond acceptors (Lipinski definition) is 2. The molecule has 0 saturated carbocycles. The smallest absolute Gasteiger partial charge is 0.138 e. The Hall–Kier alpha value is -1.35. The number of rotatable bonds is 11. The molecule has 3 nitrogen and oxygen atoms in total. The molecule has 0 saturated heterocycles. The number of fused-ring (bicyclic) bond motifs is 1. The van der Waals surface area contributed by atoms with Crippen LogP contribution in [0.15, 0.2) is 24.3 Å². The van der Waals surface area contributed by atoms with Crippen LogP contribution in [-0.4, -0.2) is 14.7 Å². The number of hydrogen-bond donors (Lipinski definition) is 1. The van der Waals surface area contributed by atoms with Gasteiger partial charge in [-0.1, -0.05) is 70.4 Å². The van der Waals surface area contributed by atoms with Gasteiger partial charge in [0.1, 0.15) is 11.9 Å². The van der Waals surface area contributed by atoms with E-state index < -0.39 is 6.10 Å². The molecule has 1 atom stereocenters. The van der Waals surface area contributed by atoms with E-state index in [2.05, 4.69) is 22.5 Å². The first-order valence-corrected chi connectivity index (χ1v) is 9.37. The minimum atomic E-state index is -0.513. The van der Waals surface area contributed by atoms with Gasteiger partial charge in [0.2, 0.25) is 0 Å². The number of para-hydroxylation sites is 2. The van der Waals surface area contributed by atoms with Gasteiger partial charge in [0.05, 0.1) is 11.0 Å². The second kappa shape index (κ2) is 9.71. The summed E-state index contributed by atoms with van der Waals surface area (Å²) in [5, 5.41) is 9.97. The largest absolute Gasteiger partial charge is 0.385 e. The number of imidazole rings is 1. The van der Waals surface area contributed by atoms with Crippen molar-refractivity contribution in [2.75, 3.05) is 0 Å². The molecule has 2 aromatic rings. The number of unbranched alkanes of at least 4 members (excludes halogenated alkanes) is 8. The van der Waals surface area contributed by atoms with Crippen LogP contribution in [0.5, 0.6) is 0 Å². The van der Waals surface area contributed by atoms with Crippen molar-refractivity contribution in [3.05, 3.63) is 30.1 Å². The lowest BCUT2D eigenvalue weighted by Crippen LogP contribution is -2.07. The van der Waals surface area contributed by atoms with Gasteiger partial charge in [-0.05, 0) is 25.5 Å². The van der Waals surface area contributed by atoms with E-state index in [1.54, 1.807) is 6.92 Å². The van der Waals surface area contributed by atoms with Crippen molar-refractivity contribution in [1.82, 2.24) is 9.55 Å². The van der Waals surface area contributed by atoms with Crippen molar-refractivity contribution in [1.29, 1.82) is 0 Å². The standard InChI is InChI=1S/C20H32N2O/c1-3-4-5-6-7-8-9-10-13-16-22-19-15-12-11-14-18(19)21-20(22)17(2)23/h11-12,14-15,17,23H,3-10,13,16H2,1-2H3/t17-/m0/s1. The number of aliphatic hydroxyl groups excluding tert-OH is 1. The maximum atomic E-state index is 9.97. The van der Waals surface area contributed by atoms with Crippen LogP contribution >= 0.6 is 0 Å². The first-order valence-electron chi connectivity index (χ1n) is 9.37. The van der Waals surface area contributed by atoms with Gasteiger partial charge in [0.25, 0.3) is 0 Å². The molecule has 1 N–H and O–H groups in total. The summed E-state index contributed by atoms with van der Waals surface area (Å²) < 4.78 is 2.20. The minimum absolute atomic E-state index is 0.513. The van der Waals surface area contributed by atoms with Gasteiger partial charge >= 0.3 is 0 Å².